The van der Waals surface area contributed by atoms with Crippen LogP contribution in [0.3, 0.4) is 0 Å². The molecular formula is C19H28N4O2S2. The maximum atomic E-state index is 5.91. The monoisotopic (exact) mass is 408 g/mol. The number of rotatable bonds is 9. The molecule has 1 N–H and O–H groups in total. The van der Waals surface area contributed by atoms with Gasteiger partial charge < -0.3 is 14.8 Å². The maximum absolute atomic E-state index is 5.91. The Bertz CT molecular complexity index is 693. The zero-order valence-corrected chi connectivity index (χ0v) is 17.8. The van der Waals surface area contributed by atoms with E-state index in [1.165, 1.54) is 5.56 Å². The van der Waals surface area contributed by atoms with E-state index in [0.29, 0.717) is 5.92 Å². The topological polar surface area (TPSA) is 59.5 Å². The number of morpholine rings is 1. The molecule has 3 rings (SSSR count). The number of hydrogen-bond donors (Lipinski definition) is 1. The van der Waals surface area contributed by atoms with Crippen LogP contribution in [0.5, 0.6) is 5.75 Å². The van der Waals surface area contributed by atoms with E-state index in [1.54, 1.807) is 30.2 Å². The molecule has 1 aliphatic heterocycles. The average molecular weight is 409 g/mol. The lowest BCUT2D eigenvalue weighted by Gasteiger charge is -2.33. The van der Waals surface area contributed by atoms with Crippen molar-refractivity contribution < 1.29 is 9.47 Å². The highest BCUT2D eigenvalue weighted by atomic mass is 32.2. The van der Waals surface area contributed by atoms with Crippen LogP contribution in [-0.4, -0.2) is 60.3 Å². The van der Waals surface area contributed by atoms with E-state index in [-0.39, 0.29) is 6.10 Å². The van der Waals surface area contributed by atoms with Gasteiger partial charge in [-0.1, -0.05) is 49.1 Å². The molecular weight excluding hydrogens is 380 g/mol. The Morgan fingerprint density at radius 1 is 1.33 bits per heavy atom. The second kappa shape index (κ2) is 10.3. The van der Waals surface area contributed by atoms with E-state index in [9.17, 15) is 0 Å². The second-order valence-electron chi connectivity index (χ2n) is 7.03. The molecule has 0 aliphatic carbocycles. The van der Waals surface area contributed by atoms with Gasteiger partial charge in [-0.2, -0.15) is 0 Å². The minimum absolute atomic E-state index is 0.266. The Hall–Kier alpha value is -1.35. The number of nitrogens with one attached hydrogen (secondary N) is 1. The van der Waals surface area contributed by atoms with Crippen LogP contribution in [0.25, 0.3) is 0 Å². The first-order valence-electron chi connectivity index (χ1n) is 9.29. The summed E-state index contributed by atoms with van der Waals surface area (Å²) in [5.41, 5.74) is 1.18. The lowest BCUT2D eigenvalue weighted by Crippen LogP contribution is -2.44. The third kappa shape index (κ3) is 6.64. The van der Waals surface area contributed by atoms with Gasteiger partial charge in [-0.3, -0.25) is 4.90 Å². The highest BCUT2D eigenvalue weighted by Gasteiger charge is 2.21. The SMILES string of the molecule is COc1ccc(CNc2nnc(SC[C@@H]3CN(CC(C)C)CCO3)s2)cc1. The van der Waals surface area contributed by atoms with Crippen LogP contribution in [0.4, 0.5) is 5.13 Å². The van der Waals surface area contributed by atoms with Crippen molar-refractivity contribution in [1.82, 2.24) is 15.1 Å². The number of aromatic nitrogens is 2. The Balaban J connectivity index is 1.42. The van der Waals surface area contributed by atoms with Crippen LogP contribution < -0.4 is 10.1 Å². The minimum atomic E-state index is 0.266. The van der Waals surface area contributed by atoms with Gasteiger partial charge in [-0.05, 0) is 23.6 Å². The van der Waals surface area contributed by atoms with Gasteiger partial charge in [0, 0.05) is 31.9 Å². The van der Waals surface area contributed by atoms with Gasteiger partial charge >= 0.3 is 0 Å². The average Bonchev–Trinajstić information content (AvgIpc) is 3.13. The van der Waals surface area contributed by atoms with Crippen molar-refractivity contribution in [3.05, 3.63) is 29.8 Å². The van der Waals surface area contributed by atoms with Crippen molar-refractivity contribution in [3.8, 4) is 5.75 Å². The van der Waals surface area contributed by atoms with Gasteiger partial charge in [0.25, 0.3) is 0 Å². The molecule has 1 fully saturated rings. The molecule has 0 saturated carbocycles. The summed E-state index contributed by atoms with van der Waals surface area (Å²) < 4.78 is 12.1. The number of ether oxygens (including phenoxy) is 2. The molecule has 148 valence electrons. The van der Waals surface area contributed by atoms with Gasteiger partial charge in [0.15, 0.2) is 4.34 Å². The highest BCUT2D eigenvalue weighted by molar-refractivity contribution is 8.01. The third-order valence-corrected chi connectivity index (χ3v) is 6.39. The number of nitrogens with zero attached hydrogens (tertiary/aromatic N) is 3. The molecule has 1 aliphatic rings. The number of benzene rings is 1. The van der Waals surface area contributed by atoms with Crippen LogP contribution in [0.2, 0.25) is 0 Å². The fourth-order valence-electron chi connectivity index (χ4n) is 2.99. The predicted molar refractivity (Wildman–Crippen MR) is 112 cm³/mol. The van der Waals surface area contributed by atoms with E-state index in [0.717, 1.165) is 53.8 Å². The Morgan fingerprint density at radius 2 is 2.15 bits per heavy atom. The number of anilines is 1. The summed E-state index contributed by atoms with van der Waals surface area (Å²) in [7, 11) is 1.67. The van der Waals surface area contributed by atoms with E-state index in [4.69, 9.17) is 9.47 Å². The molecule has 0 radical (unpaired) electrons. The molecule has 1 saturated heterocycles. The van der Waals surface area contributed by atoms with Crippen LogP contribution in [0.1, 0.15) is 19.4 Å². The van der Waals surface area contributed by atoms with Crippen molar-refractivity contribution in [2.75, 3.05) is 44.4 Å². The maximum Gasteiger partial charge on any atom is 0.206 e. The quantitative estimate of drug-likeness (QED) is 0.636. The standard InChI is InChI=1S/C19H28N4O2S2/c1-14(2)11-23-8-9-25-17(12-23)13-26-19-22-21-18(27-19)20-10-15-4-6-16(24-3)7-5-15/h4-7,14,17H,8-13H2,1-3H3,(H,20,21)/t17-/m0/s1. The molecule has 0 bridgehead atoms. The van der Waals surface area contributed by atoms with Crippen molar-refractivity contribution in [2.45, 2.75) is 30.8 Å². The number of thioether (sulfide) groups is 1. The summed E-state index contributed by atoms with van der Waals surface area (Å²) in [6.45, 7) is 9.26. The van der Waals surface area contributed by atoms with E-state index < -0.39 is 0 Å². The Morgan fingerprint density at radius 3 is 2.89 bits per heavy atom. The summed E-state index contributed by atoms with van der Waals surface area (Å²) >= 11 is 3.33. The molecule has 1 aromatic carbocycles. The van der Waals surface area contributed by atoms with Crippen LogP contribution >= 0.6 is 23.1 Å². The molecule has 1 aromatic heterocycles. The molecule has 2 heterocycles. The van der Waals surface area contributed by atoms with Gasteiger partial charge in [-0.25, -0.2) is 0 Å². The van der Waals surface area contributed by atoms with Crippen molar-refractivity contribution >= 4 is 28.2 Å². The lowest BCUT2D eigenvalue weighted by molar-refractivity contribution is -0.0191. The Kier molecular flexibility index (Phi) is 7.75. The minimum Gasteiger partial charge on any atom is -0.497 e. The van der Waals surface area contributed by atoms with E-state index >= 15 is 0 Å². The molecule has 27 heavy (non-hydrogen) atoms. The smallest absolute Gasteiger partial charge is 0.206 e. The molecule has 8 heteroatoms. The second-order valence-corrected chi connectivity index (χ2v) is 9.28. The zero-order chi connectivity index (χ0) is 19.1. The fraction of sp³-hybridized carbons (Fsp3) is 0.579. The molecule has 0 spiro atoms. The molecule has 0 amide bonds. The summed E-state index contributed by atoms with van der Waals surface area (Å²) in [6, 6.07) is 8.02. The molecule has 2 aromatic rings. The van der Waals surface area contributed by atoms with Gasteiger partial charge in [0.1, 0.15) is 5.75 Å². The number of methoxy groups -OCH3 is 1. The lowest BCUT2D eigenvalue weighted by atomic mass is 10.2. The van der Waals surface area contributed by atoms with Crippen molar-refractivity contribution in [3.63, 3.8) is 0 Å². The highest BCUT2D eigenvalue weighted by Crippen LogP contribution is 2.27. The summed E-state index contributed by atoms with van der Waals surface area (Å²) in [6.07, 6.45) is 0.266. The van der Waals surface area contributed by atoms with Crippen molar-refractivity contribution in [1.29, 1.82) is 0 Å². The first-order chi connectivity index (χ1) is 13.1. The van der Waals surface area contributed by atoms with Gasteiger partial charge in [0.2, 0.25) is 5.13 Å². The van der Waals surface area contributed by atoms with Crippen LogP contribution in [0, 0.1) is 5.92 Å². The summed E-state index contributed by atoms with van der Waals surface area (Å²) in [5, 5.41) is 12.7. The fourth-order valence-corrected chi connectivity index (χ4v) is 4.77. The summed E-state index contributed by atoms with van der Waals surface area (Å²) in [4.78, 5) is 2.50. The third-order valence-electron chi connectivity index (χ3n) is 4.25. The molecule has 6 nitrogen and oxygen atoms in total. The molecule has 0 unspecified atom stereocenters. The molecule has 1 atom stereocenters. The van der Waals surface area contributed by atoms with E-state index in [1.807, 2.05) is 24.3 Å². The normalized spacial score (nSPS) is 18.0. The van der Waals surface area contributed by atoms with E-state index in [2.05, 4.69) is 34.3 Å². The van der Waals surface area contributed by atoms with Crippen LogP contribution in [0.15, 0.2) is 28.6 Å². The van der Waals surface area contributed by atoms with Crippen molar-refractivity contribution in [2.24, 2.45) is 5.92 Å². The summed E-state index contributed by atoms with van der Waals surface area (Å²) in [5.74, 6) is 2.48. The number of hydrogen-bond acceptors (Lipinski definition) is 8. The van der Waals surface area contributed by atoms with Crippen LogP contribution in [-0.2, 0) is 11.3 Å². The van der Waals surface area contributed by atoms with Gasteiger partial charge in [0.05, 0.1) is 19.8 Å². The zero-order valence-electron chi connectivity index (χ0n) is 16.2. The predicted octanol–water partition coefficient (Wildman–Crippen LogP) is 3.61. The Labute approximate surface area is 169 Å². The van der Waals surface area contributed by atoms with Gasteiger partial charge in [-0.15, -0.1) is 10.2 Å². The first-order valence-corrected chi connectivity index (χ1v) is 11.1. The largest absolute Gasteiger partial charge is 0.497 e. The first kappa shape index (κ1) is 20.4.